The van der Waals surface area contributed by atoms with Gasteiger partial charge in [-0.1, -0.05) is 29.8 Å². The number of fused-ring (bicyclic) bond motifs is 1. The molecule has 0 fully saturated rings. The predicted molar refractivity (Wildman–Crippen MR) is 185 cm³/mol. The van der Waals surface area contributed by atoms with E-state index >= 15 is 0 Å². The van der Waals surface area contributed by atoms with Crippen LogP contribution >= 0.6 is 11.6 Å². The van der Waals surface area contributed by atoms with Crippen LogP contribution in [0.15, 0.2) is 59.5 Å². The van der Waals surface area contributed by atoms with Crippen LogP contribution in [0, 0.1) is 37.8 Å². The van der Waals surface area contributed by atoms with Gasteiger partial charge in [-0.15, -0.1) is 0 Å². The molecule has 3 aromatic carbocycles. The molecule has 0 aliphatic carbocycles. The number of carbonyl (C=O) groups excluding carboxylic acids is 2. The van der Waals surface area contributed by atoms with Gasteiger partial charge in [0.05, 0.1) is 27.6 Å². The zero-order chi connectivity index (χ0) is 35.5. The molecule has 256 valence electrons. The van der Waals surface area contributed by atoms with E-state index in [-0.39, 0.29) is 23.5 Å². The zero-order valence-corrected chi connectivity index (χ0v) is 28.8. The first-order valence-corrected chi connectivity index (χ1v) is 17.3. The number of rotatable bonds is 13. The third kappa shape index (κ3) is 7.76. The highest BCUT2D eigenvalue weighted by Gasteiger charge is 2.23. The molecule has 2 heterocycles. The maximum atomic E-state index is 13.6. The molecule has 0 unspecified atom stereocenters. The van der Waals surface area contributed by atoms with Crippen LogP contribution in [0.4, 0.5) is 5.69 Å². The third-order valence-corrected chi connectivity index (χ3v) is 10.0. The van der Waals surface area contributed by atoms with Crippen LogP contribution in [0.2, 0.25) is 5.02 Å². The predicted octanol–water partition coefficient (Wildman–Crippen LogP) is 5.99. The Labute approximate surface area is 287 Å². The monoisotopic (exact) mass is 706 g/mol. The number of H-pyrrole nitrogens is 2. The number of sulfonamides is 1. The normalized spacial score (nSPS) is 11.4. The fraction of sp³-hybridized carbons (Fsp3) is 0.265. The van der Waals surface area contributed by atoms with Crippen molar-refractivity contribution in [2.24, 2.45) is 0 Å². The van der Waals surface area contributed by atoms with Crippen LogP contribution in [0.1, 0.15) is 51.4 Å². The molecular formula is C34H35ClN6O7S. The minimum Gasteiger partial charge on any atom is -0.494 e. The molecule has 0 atom stereocenters. The molecule has 49 heavy (non-hydrogen) atoms. The molecule has 2 aromatic heterocycles. The van der Waals surface area contributed by atoms with Gasteiger partial charge in [0.25, 0.3) is 21.6 Å². The Bertz CT molecular complexity index is 2130. The van der Waals surface area contributed by atoms with Crippen LogP contribution in [-0.2, 0) is 21.2 Å². The van der Waals surface area contributed by atoms with E-state index in [1.54, 1.807) is 0 Å². The van der Waals surface area contributed by atoms with Crippen LogP contribution in [0.5, 0.6) is 5.75 Å². The van der Waals surface area contributed by atoms with Gasteiger partial charge >= 0.3 is 0 Å². The number of para-hydroxylation sites is 1. The third-order valence-electron chi connectivity index (χ3n) is 8.06. The molecule has 13 nitrogen and oxygen atoms in total. The van der Waals surface area contributed by atoms with Gasteiger partial charge in [0.15, 0.2) is 0 Å². The number of hydrogen-bond donors (Lipinski definition) is 4. The minimum atomic E-state index is -4.27. The van der Waals surface area contributed by atoms with Crippen LogP contribution in [0.3, 0.4) is 0 Å². The molecular weight excluding hydrogens is 672 g/mol. The lowest BCUT2D eigenvalue weighted by Gasteiger charge is -2.11. The Morgan fingerprint density at radius 3 is 2.37 bits per heavy atom. The molecule has 4 N–H and O–H groups in total. The van der Waals surface area contributed by atoms with E-state index in [2.05, 4.69) is 20.5 Å². The number of aromatic nitrogens is 3. The van der Waals surface area contributed by atoms with Gasteiger partial charge < -0.3 is 15.0 Å². The molecule has 0 saturated carbocycles. The Kier molecular flexibility index (Phi) is 10.4. The summed E-state index contributed by atoms with van der Waals surface area (Å²) in [6.45, 7) is 7.90. The molecule has 5 aromatic rings. The number of nitro groups is 1. The topological polar surface area (TPSA) is 189 Å². The number of halogens is 1. The zero-order valence-electron chi connectivity index (χ0n) is 27.3. The average Bonchev–Trinajstić information content (AvgIpc) is 3.60. The van der Waals surface area contributed by atoms with E-state index in [9.17, 15) is 28.1 Å². The average molecular weight is 707 g/mol. The summed E-state index contributed by atoms with van der Waals surface area (Å²) in [6.07, 6.45) is 0.750. The number of amides is 2. The van der Waals surface area contributed by atoms with Crippen molar-refractivity contribution in [1.82, 2.24) is 25.2 Å². The largest absolute Gasteiger partial charge is 0.494 e. The number of nitrogens with one attached hydrogen (secondary N) is 4. The Morgan fingerprint density at radius 1 is 1.04 bits per heavy atom. The maximum Gasteiger partial charge on any atom is 0.269 e. The number of ether oxygens (including phenoxy) is 1. The van der Waals surface area contributed by atoms with E-state index in [0.717, 1.165) is 74.4 Å². The van der Waals surface area contributed by atoms with Gasteiger partial charge in [-0.2, -0.15) is 5.10 Å². The number of aryl methyl sites for hydroxylation is 5. The molecule has 0 spiro atoms. The summed E-state index contributed by atoms with van der Waals surface area (Å²) in [6, 6.07) is 13.7. The Balaban J connectivity index is 1.32. The van der Waals surface area contributed by atoms with E-state index in [4.69, 9.17) is 16.3 Å². The Hall–Kier alpha value is -5.21. The number of hydrogen-bond acceptors (Lipinski definition) is 8. The van der Waals surface area contributed by atoms with Crippen molar-refractivity contribution < 1.29 is 27.7 Å². The lowest BCUT2D eigenvalue weighted by Crippen LogP contribution is -2.34. The first kappa shape index (κ1) is 35.1. The standard InChI is InChI=1S/C34H35ClN6O7S/c1-19-17-24(18-20(2)31(19)35)48-16-6-9-27-26-7-5-8-28(30-21(3)38-39-22(30)4)32(26)37-33(27)34(43)36-15-14-29(42)40-49(46,47)25-12-10-23(11-13-25)41(44)45/h5,7-8,10-13,17-18,37H,6,9,14-16H2,1-4H3,(H,36,43)(H,38,39)(H,40,42). The summed E-state index contributed by atoms with van der Waals surface area (Å²) in [4.78, 5) is 39.3. The summed E-state index contributed by atoms with van der Waals surface area (Å²) >= 11 is 6.30. The van der Waals surface area contributed by atoms with Crippen LogP contribution in [-0.4, -0.2) is 53.5 Å². The van der Waals surface area contributed by atoms with E-state index in [1.807, 2.05) is 62.7 Å². The van der Waals surface area contributed by atoms with E-state index in [0.29, 0.717) is 35.9 Å². The van der Waals surface area contributed by atoms with Crippen molar-refractivity contribution in [1.29, 1.82) is 0 Å². The van der Waals surface area contributed by atoms with Crippen molar-refractivity contribution in [3.63, 3.8) is 0 Å². The highest BCUT2D eigenvalue weighted by Crippen LogP contribution is 2.35. The lowest BCUT2D eigenvalue weighted by atomic mass is 9.98. The summed E-state index contributed by atoms with van der Waals surface area (Å²) in [5, 5.41) is 22.5. The summed E-state index contributed by atoms with van der Waals surface area (Å²) in [5.41, 5.74) is 6.88. The van der Waals surface area contributed by atoms with Crippen LogP contribution in [0.25, 0.3) is 22.0 Å². The van der Waals surface area contributed by atoms with Crippen LogP contribution < -0.4 is 14.8 Å². The van der Waals surface area contributed by atoms with Crippen molar-refractivity contribution in [3.05, 3.63) is 104 Å². The number of nitro benzene ring substituents is 1. The van der Waals surface area contributed by atoms with Crippen molar-refractivity contribution in [2.75, 3.05) is 13.2 Å². The van der Waals surface area contributed by atoms with Gasteiger partial charge in [-0.05, 0) is 81.5 Å². The second kappa shape index (κ2) is 14.5. The van der Waals surface area contributed by atoms with Crippen molar-refractivity contribution >= 4 is 50.0 Å². The highest BCUT2D eigenvalue weighted by molar-refractivity contribution is 7.90. The van der Waals surface area contributed by atoms with Gasteiger partial charge in [0, 0.05) is 52.3 Å². The Morgan fingerprint density at radius 2 is 1.73 bits per heavy atom. The second-order valence-electron chi connectivity index (χ2n) is 11.6. The molecule has 15 heteroatoms. The number of benzene rings is 3. The lowest BCUT2D eigenvalue weighted by molar-refractivity contribution is -0.384. The molecule has 0 bridgehead atoms. The number of non-ortho nitro benzene ring substituents is 1. The second-order valence-corrected chi connectivity index (χ2v) is 13.7. The number of nitrogens with zero attached hydrogens (tertiary/aromatic N) is 2. The fourth-order valence-electron chi connectivity index (χ4n) is 5.70. The molecule has 5 rings (SSSR count). The van der Waals surface area contributed by atoms with Gasteiger partial charge in [-0.25, -0.2) is 13.1 Å². The van der Waals surface area contributed by atoms with E-state index in [1.165, 1.54) is 0 Å². The minimum absolute atomic E-state index is 0.152. The molecule has 0 saturated heterocycles. The molecule has 0 aliphatic rings. The maximum absolute atomic E-state index is 13.6. The number of aromatic amines is 2. The van der Waals surface area contributed by atoms with Crippen molar-refractivity contribution in [2.45, 2.75) is 51.9 Å². The van der Waals surface area contributed by atoms with E-state index < -0.39 is 26.8 Å². The smallest absolute Gasteiger partial charge is 0.269 e. The van der Waals surface area contributed by atoms with Crippen molar-refractivity contribution in [3.8, 4) is 16.9 Å². The first-order chi connectivity index (χ1) is 23.3. The quantitative estimate of drug-likeness (QED) is 0.0652. The van der Waals surface area contributed by atoms with Gasteiger partial charge in [-0.3, -0.25) is 24.8 Å². The SMILES string of the molecule is Cc1cc(OCCCc2c(C(=O)NCCC(=O)NS(=O)(=O)c3ccc([N+](=O)[O-])cc3)[nH]c3c(-c4c(C)n[nH]c4C)cccc23)cc(C)c1Cl. The van der Waals surface area contributed by atoms with Gasteiger partial charge in [0.2, 0.25) is 5.91 Å². The highest BCUT2D eigenvalue weighted by atomic mass is 35.5. The number of carbonyl (C=O) groups is 2. The summed E-state index contributed by atoms with van der Waals surface area (Å²) < 4.78 is 33.2. The summed E-state index contributed by atoms with van der Waals surface area (Å²) in [5.74, 6) is -0.611. The first-order valence-electron chi connectivity index (χ1n) is 15.4. The molecule has 0 radical (unpaired) electrons. The van der Waals surface area contributed by atoms with Gasteiger partial charge in [0.1, 0.15) is 11.4 Å². The fourth-order valence-corrected chi connectivity index (χ4v) is 6.82. The molecule has 0 aliphatic heterocycles. The molecule has 2 amide bonds. The summed E-state index contributed by atoms with van der Waals surface area (Å²) in [7, 11) is -4.27.